The summed E-state index contributed by atoms with van der Waals surface area (Å²) in [5.74, 6) is 0. The van der Waals surface area contributed by atoms with Gasteiger partial charge in [0.1, 0.15) is 6.17 Å². The van der Waals surface area contributed by atoms with E-state index in [1.54, 1.807) is 4.68 Å². The first-order valence-corrected chi connectivity index (χ1v) is 8.80. The van der Waals surface area contributed by atoms with E-state index in [4.69, 9.17) is 0 Å². The largest absolute Gasteiger partial charge is 0.361 e. The van der Waals surface area contributed by atoms with Crippen LogP contribution in [0, 0.1) is 0 Å². The Morgan fingerprint density at radius 3 is 3.12 bits per heavy atom. The third kappa shape index (κ3) is 3.60. The summed E-state index contributed by atoms with van der Waals surface area (Å²) in [6, 6.07) is 8.62. The van der Waals surface area contributed by atoms with Crippen molar-refractivity contribution >= 4 is 10.9 Å². The monoisotopic (exact) mass is 341 g/mol. The van der Waals surface area contributed by atoms with Gasteiger partial charge in [0.15, 0.2) is 0 Å². The number of H-pyrrole nitrogens is 1. The van der Waals surface area contributed by atoms with Gasteiger partial charge in [0.25, 0.3) is 0 Å². The van der Waals surface area contributed by atoms with Crippen LogP contribution >= 0.6 is 0 Å². The smallest absolute Gasteiger partial charge is 0.114 e. The summed E-state index contributed by atoms with van der Waals surface area (Å²) >= 11 is 0. The molecule has 0 unspecified atom stereocenters. The number of aromatic nitrogens is 3. The van der Waals surface area contributed by atoms with Crippen molar-refractivity contribution in [2.45, 2.75) is 31.7 Å². The number of nitrogens with zero attached hydrogens (tertiary/aromatic N) is 3. The predicted octanol–water partition coefficient (Wildman–Crippen LogP) is 2.60. The van der Waals surface area contributed by atoms with Gasteiger partial charge in [0.2, 0.25) is 0 Å². The second kappa shape index (κ2) is 6.98. The number of benzene rings is 1. The maximum atomic E-state index is 14.0. The average molecular weight is 341 g/mol. The van der Waals surface area contributed by atoms with Gasteiger partial charge in [-0.1, -0.05) is 18.2 Å². The van der Waals surface area contributed by atoms with E-state index < -0.39 is 6.17 Å². The Bertz CT molecular complexity index is 839. The summed E-state index contributed by atoms with van der Waals surface area (Å²) in [6.45, 7) is 2.84. The Morgan fingerprint density at radius 1 is 1.36 bits per heavy atom. The van der Waals surface area contributed by atoms with Gasteiger partial charge in [-0.2, -0.15) is 5.10 Å². The van der Waals surface area contributed by atoms with Gasteiger partial charge in [-0.05, 0) is 23.4 Å². The Kier molecular flexibility index (Phi) is 4.55. The van der Waals surface area contributed by atoms with Gasteiger partial charge in [0, 0.05) is 62.7 Å². The van der Waals surface area contributed by atoms with Crippen molar-refractivity contribution < 1.29 is 4.39 Å². The van der Waals surface area contributed by atoms with Crippen LogP contribution in [0.25, 0.3) is 10.9 Å². The predicted molar refractivity (Wildman–Crippen MR) is 96.9 cm³/mol. The van der Waals surface area contributed by atoms with Crippen LogP contribution in [0.4, 0.5) is 4.39 Å². The number of aryl methyl sites for hydroxylation is 1. The molecule has 132 valence electrons. The molecule has 0 aliphatic carbocycles. The van der Waals surface area contributed by atoms with Gasteiger partial charge in [0.05, 0.1) is 6.20 Å². The summed E-state index contributed by atoms with van der Waals surface area (Å²) in [6.07, 6.45) is 5.69. The van der Waals surface area contributed by atoms with Crippen molar-refractivity contribution in [1.82, 2.24) is 25.0 Å². The Labute approximate surface area is 146 Å². The zero-order chi connectivity index (χ0) is 17.2. The first kappa shape index (κ1) is 16.3. The molecule has 1 aliphatic heterocycles. The molecule has 6 heteroatoms. The van der Waals surface area contributed by atoms with Crippen molar-refractivity contribution in [3.63, 3.8) is 0 Å². The van der Waals surface area contributed by atoms with Gasteiger partial charge >= 0.3 is 0 Å². The van der Waals surface area contributed by atoms with Gasteiger partial charge in [-0.3, -0.25) is 9.58 Å². The molecule has 0 bridgehead atoms. The number of nitrogens with one attached hydrogen (secondary N) is 2. The second-order valence-corrected chi connectivity index (χ2v) is 6.93. The highest BCUT2D eigenvalue weighted by Gasteiger charge is 2.31. The van der Waals surface area contributed by atoms with Crippen molar-refractivity contribution in [2.75, 3.05) is 13.1 Å². The van der Waals surface area contributed by atoms with Crippen LogP contribution in [0.15, 0.2) is 42.9 Å². The van der Waals surface area contributed by atoms with E-state index in [1.807, 2.05) is 25.6 Å². The number of aromatic amines is 1. The number of hydrogen-bond donors (Lipinski definition) is 2. The Balaban J connectivity index is 1.36. The third-order valence-electron chi connectivity index (χ3n) is 4.99. The molecule has 0 saturated carbocycles. The van der Waals surface area contributed by atoms with Gasteiger partial charge in [-0.15, -0.1) is 0 Å². The van der Waals surface area contributed by atoms with E-state index in [0.29, 0.717) is 13.0 Å². The highest BCUT2D eigenvalue weighted by atomic mass is 19.1. The SMILES string of the molecule is Cn1cc(CN2C[C@@H](F)C[C@H]2CNCc2cccc3cc[nH]c23)cn1. The van der Waals surface area contributed by atoms with Crippen LogP contribution in [-0.4, -0.2) is 45.0 Å². The standard InChI is InChI=1S/C19H24FN5/c1-24-11-14(8-23-24)12-25-13-17(20)7-18(25)10-21-9-16-4-2-3-15-5-6-22-19(15)16/h2-6,8,11,17-18,21-22H,7,9-10,12-13H2,1H3/t17-,18-/m0/s1. The second-order valence-electron chi connectivity index (χ2n) is 6.93. The van der Waals surface area contributed by atoms with E-state index in [-0.39, 0.29) is 6.04 Å². The zero-order valence-corrected chi connectivity index (χ0v) is 14.5. The first-order valence-electron chi connectivity index (χ1n) is 8.80. The molecule has 1 aromatic carbocycles. The highest BCUT2D eigenvalue weighted by molar-refractivity contribution is 5.82. The van der Waals surface area contributed by atoms with E-state index in [2.05, 4.69) is 44.6 Å². The van der Waals surface area contributed by atoms with E-state index in [9.17, 15) is 4.39 Å². The van der Waals surface area contributed by atoms with E-state index in [1.165, 1.54) is 16.5 Å². The third-order valence-corrected chi connectivity index (χ3v) is 4.99. The molecule has 2 atom stereocenters. The highest BCUT2D eigenvalue weighted by Crippen LogP contribution is 2.22. The normalized spacial score (nSPS) is 21.4. The molecule has 5 nitrogen and oxygen atoms in total. The molecule has 0 amide bonds. The fourth-order valence-corrected chi connectivity index (χ4v) is 3.79. The summed E-state index contributed by atoms with van der Waals surface area (Å²) < 4.78 is 15.7. The number of fused-ring (bicyclic) bond motifs is 1. The molecule has 0 spiro atoms. The molecule has 25 heavy (non-hydrogen) atoms. The molecule has 1 aliphatic rings. The molecular weight excluding hydrogens is 317 g/mol. The lowest BCUT2D eigenvalue weighted by Crippen LogP contribution is -2.37. The van der Waals surface area contributed by atoms with Crippen LogP contribution in [0.1, 0.15) is 17.5 Å². The molecule has 4 rings (SSSR count). The first-order chi connectivity index (χ1) is 12.2. The minimum atomic E-state index is -0.740. The van der Waals surface area contributed by atoms with Gasteiger partial charge in [-0.25, -0.2) is 4.39 Å². The lowest BCUT2D eigenvalue weighted by molar-refractivity contribution is 0.230. The van der Waals surface area contributed by atoms with Crippen LogP contribution in [0.2, 0.25) is 0 Å². The minimum Gasteiger partial charge on any atom is -0.361 e. The van der Waals surface area contributed by atoms with Crippen molar-refractivity contribution in [3.8, 4) is 0 Å². The Hall–Kier alpha value is -2.18. The zero-order valence-electron chi connectivity index (χ0n) is 14.5. The van der Waals surface area contributed by atoms with E-state index in [0.717, 1.165) is 25.2 Å². The molecule has 1 saturated heterocycles. The fourth-order valence-electron chi connectivity index (χ4n) is 3.79. The number of halogens is 1. The lowest BCUT2D eigenvalue weighted by Gasteiger charge is -2.23. The Morgan fingerprint density at radius 2 is 2.28 bits per heavy atom. The molecule has 1 fully saturated rings. The number of hydrogen-bond acceptors (Lipinski definition) is 3. The topological polar surface area (TPSA) is 48.9 Å². The van der Waals surface area contributed by atoms with Crippen LogP contribution in [-0.2, 0) is 20.1 Å². The lowest BCUT2D eigenvalue weighted by atomic mass is 10.1. The maximum absolute atomic E-state index is 14.0. The molecule has 3 heterocycles. The fraction of sp³-hybridized carbons (Fsp3) is 0.421. The van der Waals surface area contributed by atoms with Crippen molar-refractivity contribution in [3.05, 3.63) is 54.0 Å². The molecular formula is C19H24FN5. The minimum absolute atomic E-state index is 0.220. The van der Waals surface area contributed by atoms with Crippen LogP contribution in [0.3, 0.4) is 0 Å². The van der Waals surface area contributed by atoms with Crippen LogP contribution < -0.4 is 5.32 Å². The summed E-state index contributed by atoms with van der Waals surface area (Å²) in [5, 5.41) is 8.95. The maximum Gasteiger partial charge on any atom is 0.114 e. The number of para-hydroxylation sites is 1. The summed E-state index contributed by atoms with van der Waals surface area (Å²) in [4.78, 5) is 5.52. The quantitative estimate of drug-likeness (QED) is 0.725. The average Bonchev–Trinajstić information content (AvgIpc) is 3.29. The van der Waals surface area contributed by atoms with Crippen LogP contribution in [0.5, 0.6) is 0 Å². The van der Waals surface area contributed by atoms with E-state index >= 15 is 0 Å². The number of likely N-dealkylation sites (tertiary alicyclic amines) is 1. The molecule has 0 radical (unpaired) electrons. The molecule has 3 aromatic rings. The van der Waals surface area contributed by atoms with Gasteiger partial charge < -0.3 is 10.3 Å². The summed E-state index contributed by atoms with van der Waals surface area (Å²) in [5.41, 5.74) is 3.56. The number of alkyl halides is 1. The molecule has 2 aromatic heterocycles. The van der Waals surface area contributed by atoms with Crippen molar-refractivity contribution in [1.29, 1.82) is 0 Å². The molecule has 2 N–H and O–H groups in total. The van der Waals surface area contributed by atoms with Crippen molar-refractivity contribution in [2.24, 2.45) is 7.05 Å². The number of rotatable bonds is 6. The summed E-state index contributed by atoms with van der Waals surface area (Å²) in [7, 11) is 1.91.